The lowest BCUT2D eigenvalue weighted by Gasteiger charge is -2.08. The molecule has 3 rings (SSSR count). The fraction of sp³-hybridized carbons (Fsp3) is 0.0588. The fourth-order valence-corrected chi connectivity index (χ4v) is 2.57. The highest BCUT2D eigenvalue weighted by molar-refractivity contribution is 9.10. The third-order valence-corrected chi connectivity index (χ3v) is 3.99. The van der Waals surface area contributed by atoms with Crippen LogP contribution < -0.4 is 14.8 Å². The monoisotopic (exact) mass is 389 g/mol. The minimum atomic E-state index is -1.25. The molecule has 0 fully saturated rings. The third kappa shape index (κ3) is 3.41. The van der Waals surface area contributed by atoms with Gasteiger partial charge in [0.25, 0.3) is 5.91 Å². The van der Waals surface area contributed by atoms with E-state index in [0.29, 0.717) is 27.1 Å². The van der Waals surface area contributed by atoms with E-state index >= 15 is 0 Å². The van der Waals surface area contributed by atoms with E-state index in [4.69, 9.17) is 9.47 Å². The number of amides is 1. The standard InChI is InChI=1S/C17H12BrNO5/c18-12-8-15-14(23-9-24-15)7-11(12)6-13(17(21)22)19-16(20)10-4-2-1-3-5-10/h1-8H,9H2,(H,19,20)(H,21,22). The Balaban J connectivity index is 1.90. The van der Waals surface area contributed by atoms with Crippen molar-refractivity contribution in [3.63, 3.8) is 0 Å². The van der Waals surface area contributed by atoms with Crippen LogP contribution in [0.2, 0.25) is 0 Å². The molecule has 0 saturated heterocycles. The van der Waals surface area contributed by atoms with Crippen molar-refractivity contribution in [2.75, 3.05) is 6.79 Å². The van der Waals surface area contributed by atoms with Crippen LogP contribution in [0.25, 0.3) is 6.08 Å². The molecule has 2 aromatic rings. The molecule has 0 spiro atoms. The molecule has 1 aliphatic heterocycles. The zero-order valence-corrected chi connectivity index (χ0v) is 13.9. The van der Waals surface area contributed by atoms with Gasteiger partial charge in [0.15, 0.2) is 11.5 Å². The van der Waals surface area contributed by atoms with Crippen molar-refractivity contribution < 1.29 is 24.2 Å². The molecule has 1 aliphatic rings. The first-order valence-electron chi connectivity index (χ1n) is 6.95. The lowest BCUT2D eigenvalue weighted by Crippen LogP contribution is -2.27. The van der Waals surface area contributed by atoms with Gasteiger partial charge in [-0.2, -0.15) is 0 Å². The first-order chi connectivity index (χ1) is 11.5. The highest BCUT2D eigenvalue weighted by Gasteiger charge is 2.18. The summed E-state index contributed by atoms with van der Waals surface area (Å²) in [5.41, 5.74) is 0.669. The number of carboxylic acids is 1. The molecule has 24 heavy (non-hydrogen) atoms. The maximum Gasteiger partial charge on any atom is 0.352 e. The predicted octanol–water partition coefficient (Wildman–Crippen LogP) is 3.03. The maximum absolute atomic E-state index is 12.2. The van der Waals surface area contributed by atoms with E-state index in [1.165, 1.54) is 6.08 Å². The zero-order valence-electron chi connectivity index (χ0n) is 12.3. The molecule has 0 atom stereocenters. The predicted molar refractivity (Wildman–Crippen MR) is 89.8 cm³/mol. The van der Waals surface area contributed by atoms with Gasteiger partial charge in [-0.3, -0.25) is 4.79 Å². The Bertz CT molecular complexity index is 832. The molecule has 0 aromatic heterocycles. The van der Waals surface area contributed by atoms with E-state index in [0.717, 1.165) is 0 Å². The Morgan fingerprint density at radius 2 is 1.79 bits per heavy atom. The van der Waals surface area contributed by atoms with Crippen molar-refractivity contribution in [2.45, 2.75) is 0 Å². The average molecular weight is 390 g/mol. The number of nitrogens with one attached hydrogen (secondary N) is 1. The molecular weight excluding hydrogens is 378 g/mol. The van der Waals surface area contributed by atoms with Gasteiger partial charge in [0.05, 0.1) is 0 Å². The van der Waals surface area contributed by atoms with E-state index in [2.05, 4.69) is 21.2 Å². The van der Waals surface area contributed by atoms with Crippen molar-refractivity contribution in [2.24, 2.45) is 0 Å². The molecule has 6 nitrogen and oxygen atoms in total. The molecule has 0 bridgehead atoms. The molecule has 2 N–H and O–H groups in total. The number of rotatable bonds is 4. The number of carboxylic acid groups (broad SMARTS) is 1. The molecular formula is C17H12BrNO5. The first-order valence-corrected chi connectivity index (χ1v) is 7.74. The Kier molecular flexibility index (Phi) is 4.52. The van der Waals surface area contributed by atoms with Gasteiger partial charge in [0, 0.05) is 10.0 Å². The van der Waals surface area contributed by atoms with Gasteiger partial charge in [-0.05, 0) is 35.9 Å². The molecule has 0 radical (unpaired) electrons. The molecule has 0 aliphatic carbocycles. The molecule has 1 heterocycles. The van der Waals surface area contributed by atoms with Crippen molar-refractivity contribution >= 4 is 33.9 Å². The summed E-state index contributed by atoms with van der Waals surface area (Å²) in [6.07, 6.45) is 1.36. The number of hydrogen-bond acceptors (Lipinski definition) is 4. The summed E-state index contributed by atoms with van der Waals surface area (Å²) >= 11 is 3.35. The van der Waals surface area contributed by atoms with Gasteiger partial charge in [-0.1, -0.05) is 34.1 Å². The van der Waals surface area contributed by atoms with Gasteiger partial charge in [-0.25, -0.2) is 4.79 Å². The zero-order chi connectivity index (χ0) is 17.1. The first kappa shape index (κ1) is 16.1. The highest BCUT2D eigenvalue weighted by atomic mass is 79.9. The van der Waals surface area contributed by atoms with Gasteiger partial charge in [0.1, 0.15) is 5.70 Å². The van der Waals surface area contributed by atoms with Crippen LogP contribution in [0.15, 0.2) is 52.6 Å². The minimum Gasteiger partial charge on any atom is -0.477 e. The summed E-state index contributed by atoms with van der Waals surface area (Å²) in [4.78, 5) is 23.6. The number of carbonyl (C=O) groups excluding carboxylic acids is 1. The van der Waals surface area contributed by atoms with Crippen LogP contribution in [-0.2, 0) is 4.79 Å². The van der Waals surface area contributed by atoms with E-state index in [1.54, 1.807) is 42.5 Å². The van der Waals surface area contributed by atoms with E-state index < -0.39 is 11.9 Å². The number of carbonyl (C=O) groups is 2. The van der Waals surface area contributed by atoms with Crippen LogP contribution in [0, 0.1) is 0 Å². The van der Waals surface area contributed by atoms with Crippen molar-refractivity contribution in [3.8, 4) is 11.5 Å². The van der Waals surface area contributed by atoms with Crippen LogP contribution in [0.3, 0.4) is 0 Å². The normalized spacial score (nSPS) is 12.8. The largest absolute Gasteiger partial charge is 0.477 e. The summed E-state index contributed by atoms with van der Waals surface area (Å²) in [5, 5.41) is 11.8. The second-order valence-corrected chi connectivity index (χ2v) is 5.76. The number of halogens is 1. The number of benzene rings is 2. The molecule has 0 unspecified atom stereocenters. The number of ether oxygens (including phenoxy) is 2. The smallest absolute Gasteiger partial charge is 0.352 e. The van der Waals surface area contributed by atoms with Crippen LogP contribution in [0.5, 0.6) is 11.5 Å². The summed E-state index contributed by atoms with van der Waals surface area (Å²) in [7, 11) is 0. The lowest BCUT2D eigenvalue weighted by molar-refractivity contribution is -0.132. The molecule has 0 saturated carbocycles. The lowest BCUT2D eigenvalue weighted by atomic mass is 10.1. The molecule has 1 amide bonds. The summed E-state index contributed by atoms with van der Waals surface area (Å²) < 4.78 is 11.2. The molecule has 7 heteroatoms. The maximum atomic E-state index is 12.2. The van der Waals surface area contributed by atoms with Crippen molar-refractivity contribution in [1.82, 2.24) is 5.32 Å². The highest BCUT2D eigenvalue weighted by Crippen LogP contribution is 2.37. The minimum absolute atomic E-state index is 0.117. The Hall–Kier alpha value is -2.80. The second-order valence-electron chi connectivity index (χ2n) is 4.91. The average Bonchev–Trinajstić information content (AvgIpc) is 3.02. The van der Waals surface area contributed by atoms with Crippen LogP contribution in [0.1, 0.15) is 15.9 Å². The summed E-state index contributed by atoms with van der Waals surface area (Å²) in [6.45, 7) is 0.117. The van der Waals surface area contributed by atoms with E-state index in [1.807, 2.05) is 0 Å². The van der Waals surface area contributed by atoms with Crippen LogP contribution in [-0.4, -0.2) is 23.8 Å². The van der Waals surface area contributed by atoms with Gasteiger partial charge in [0.2, 0.25) is 6.79 Å². The molecule has 2 aromatic carbocycles. The van der Waals surface area contributed by atoms with Gasteiger partial charge >= 0.3 is 5.97 Å². The summed E-state index contributed by atoms with van der Waals surface area (Å²) in [5.74, 6) is -0.655. The van der Waals surface area contributed by atoms with E-state index in [-0.39, 0.29) is 12.5 Å². The topological polar surface area (TPSA) is 84.9 Å². The van der Waals surface area contributed by atoms with Crippen molar-refractivity contribution in [3.05, 3.63) is 63.8 Å². The number of fused-ring (bicyclic) bond motifs is 1. The SMILES string of the molecule is O=C(O)C(=Cc1cc2c(cc1Br)OCO2)NC(=O)c1ccccc1. The van der Waals surface area contributed by atoms with Crippen LogP contribution >= 0.6 is 15.9 Å². The number of aliphatic carboxylic acids is 1. The van der Waals surface area contributed by atoms with E-state index in [9.17, 15) is 14.7 Å². The summed E-state index contributed by atoms with van der Waals surface area (Å²) in [6, 6.07) is 11.7. The second kappa shape index (κ2) is 6.76. The van der Waals surface area contributed by atoms with Crippen molar-refractivity contribution in [1.29, 1.82) is 0 Å². The van der Waals surface area contributed by atoms with Gasteiger partial charge < -0.3 is 19.9 Å². The Morgan fingerprint density at radius 3 is 2.46 bits per heavy atom. The quantitative estimate of drug-likeness (QED) is 0.785. The Morgan fingerprint density at radius 1 is 1.12 bits per heavy atom. The fourth-order valence-electron chi connectivity index (χ4n) is 2.13. The molecule has 122 valence electrons. The van der Waals surface area contributed by atoms with Crippen LogP contribution in [0.4, 0.5) is 0 Å². The Labute approximate surface area is 145 Å². The van der Waals surface area contributed by atoms with Gasteiger partial charge in [-0.15, -0.1) is 0 Å². The third-order valence-electron chi connectivity index (χ3n) is 3.31. The number of hydrogen-bond donors (Lipinski definition) is 2.